The summed E-state index contributed by atoms with van der Waals surface area (Å²) in [6.45, 7) is 5.89. The molecule has 0 fully saturated rings. The number of aliphatic hydroxyl groups excluding tert-OH is 1. The average Bonchev–Trinajstić information content (AvgIpc) is 2.46. The minimum atomic E-state index is 0.224. The van der Waals surface area contributed by atoms with Gasteiger partial charge in [-0.05, 0) is 18.0 Å². The zero-order chi connectivity index (χ0) is 13.5. The molecule has 0 aliphatic rings. The van der Waals surface area contributed by atoms with Crippen molar-refractivity contribution in [2.24, 2.45) is 0 Å². The fourth-order valence-electron chi connectivity index (χ4n) is 2.30. The van der Waals surface area contributed by atoms with Crippen LogP contribution in [0.4, 0.5) is 5.69 Å². The van der Waals surface area contributed by atoms with Gasteiger partial charge in [0.05, 0.1) is 6.61 Å². The minimum Gasteiger partial charge on any atom is -0.395 e. The Bertz CT molecular complexity index is 508. The van der Waals surface area contributed by atoms with E-state index in [0.29, 0.717) is 0 Å². The minimum absolute atomic E-state index is 0.224. The molecule has 3 heteroatoms. The van der Waals surface area contributed by atoms with Crippen molar-refractivity contribution in [3.05, 3.63) is 42.5 Å². The molecular weight excluding hydrogens is 236 g/mol. The van der Waals surface area contributed by atoms with E-state index in [1.54, 1.807) is 0 Å². The Balaban J connectivity index is 1.98. The van der Waals surface area contributed by atoms with Crippen molar-refractivity contribution in [2.45, 2.75) is 6.92 Å². The second kappa shape index (κ2) is 7.12. The lowest BCUT2D eigenvalue weighted by Gasteiger charge is -2.19. The molecule has 0 saturated carbocycles. The summed E-state index contributed by atoms with van der Waals surface area (Å²) in [7, 11) is 0. The molecule has 2 rings (SSSR count). The van der Waals surface area contributed by atoms with Gasteiger partial charge >= 0.3 is 0 Å². The van der Waals surface area contributed by atoms with E-state index < -0.39 is 0 Å². The van der Waals surface area contributed by atoms with Gasteiger partial charge in [0, 0.05) is 30.7 Å². The first-order valence-corrected chi connectivity index (χ1v) is 6.90. The molecule has 102 valence electrons. The fourth-order valence-corrected chi connectivity index (χ4v) is 2.30. The Morgan fingerprint density at radius 3 is 2.63 bits per heavy atom. The molecule has 0 aliphatic carbocycles. The van der Waals surface area contributed by atoms with Crippen LogP contribution in [0, 0.1) is 0 Å². The zero-order valence-corrected chi connectivity index (χ0v) is 11.5. The zero-order valence-electron chi connectivity index (χ0n) is 11.5. The van der Waals surface area contributed by atoms with Crippen LogP contribution in [0.1, 0.15) is 6.92 Å². The highest BCUT2D eigenvalue weighted by Crippen LogP contribution is 2.22. The first kappa shape index (κ1) is 13.8. The van der Waals surface area contributed by atoms with Crippen molar-refractivity contribution >= 4 is 16.5 Å². The second-order valence-electron chi connectivity index (χ2n) is 4.61. The Hall–Kier alpha value is -1.58. The van der Waals surface area contributed by atoms with E-state index in [4.69, 9.17) is 5.11 Å². The van der Waals surface area contributed by atoms with Crippen LogP contribution in [-0.2, 0) is 0 Å². The maximum absolute atomic E-state index is 8.96. The van der Waals surface area contributed by atoms with Gasteiger partial charge < -0.3 is 10.4 Å². The maximum Gasteiger partial charge on any atom is 0.0558 e. The number of nitrogens with zero attached hydrogens (tertiary/aromatic N) is 1. The highest BCUT2D eigenvalue weighted by atomic mass is 16.3. The van der Waals surface area contributed by atoms with Crippen LogP contribution >= 0.6 is 0 Å². The molecule has 2 N–H and O–H groups in total. The lowest BCUT2D eigenvalue weighted by atomic mass is 10.1. The SMILES string of the molecule is CCN(CCO)CCNc1cccc2ccccc12. The molecule has 0 amide bonds. The van der Waals surface area contributed by atoms with Gasteiger partial charge in [-0.3, -0.25) is 4.90 Å². The number of likely N-dealkylation sites (N-methyl/N-ethyl adjacent to an activating group) is 1. The van der Waals surface area contributed by atoms with Gasteiger partial charge in [0.2, 0.25) is 0 Å². The largest absolute Gasteiger partial charge is 0.395 e. The predicted molar refractivity (Wildman–Crippen MR) is 81.6 cm³/mol. The molecule has 0 radical (unpaired) electrons. The van der Waals surface area contributed by atoms with Crippen LogP contribution in [0.15, 0.2) is 42.5 Å². The van der Waals surface area contributed by atoms with Crippen LogP contribution in [0.2, 0.25) is 0 Å². The Morgan fingerprint density at radius 2 is 1.84 bits per heavy atom. The lowest BCUT2D eigenvalue weighted by Crippen LogP contribution is -2.31. The summed E-state index contributed by atoms with van der Waals surface area (Å²) >= 11 is 0. The van der Waals surface area contributed by atoms with E-state index >= 15 is 0 Å². The van der Waals surface area contributed by atoms with Crippen molar-refractivity contribution in [2.75, 3.05) is 38.1 Å². The Morgan fingerprint density at radius 1 is 1.05 bits per heavy atom. The van der Waals surface area contributed by atoms with Gasteiger partial charge in [-0.1, -0.05) is 43.3 Å². The number of anilines is 1. The molecular formula is C16H22N2O. The maximum atomic E-state index is 8.96. The Labute approximate surface area is 114 Å². The highest BCUT2D eigenvalue weighted by Gasteiger charge is 2.02. The number of benzene rings is 2. The third-order valence-electron chi connectivity index (χ3n) is 3.40. The van der Waals surface area contributed by atoms with Crippen molar-refractivity contribution in [1.82, 2.24) is 4.90 Å². The number of hydrogen-bond acceptors (Lipinski definition) is 3. The summed E-state index contributed by atoms with van der Waals surface area (Å²) in [6.07, 6.45) is 0. The number of aliphatic hydroxyl groups is 1. The van der Waals surface area contributed by atoms with E-state index in [2.05, 4.69) is 59.6 Å². The van der Waals surface area contributed by atoms with Gasteiger partial charge in [0.1, 0.15) is 0 Å². The van der Waals surface area contributed by atoms with Gasteiger partial charge in [0.15, 0.2) is 0 Å². The molecule has 0 unspecified atom stereocenters. The van der Waals surface area contributed by atoms with Gasteiger partial charge in [0.25, 0.3) is 0 Å². The van der Waals surface area contributed by atoms with Crippen LogP contribution in [0.25, 0.3) is 10.8 Å². The molecule has 2 aromatic rings. The van der Waals surface area contributed by atoms with Crippen LogP contribution < -0.4 is 5.32 Å². The summed E-state index contributed by atoms with van der Waals surface area (Å²) in [5.74, 6) is 0. The van der Waals surface area contributed by atoms with Gasteiger partial charge in [-0.2, -0.15) is 0 Å². The average molecular weight is 258 g/mol. The lowest BCUT2D eigenvalue weighted by molar-refractivity contribution is 0.206. The third kappa shape index (κ3) is 3.69. The van der Waals surface area contributed by atoms with Gasteiger partial charge in [-0.15, -0.1) is 0 Å². The van der Waals surface area contributed by atoms with Crippen molar-refractivity contribution in [3.63, 3.8) is 0 Å². The number of rotatable bonds is 7. The van der Waals surface area contributed by atoms with E-state index in [9.17, 15) is 0 Å². The van der Waals surface area contributed by atoms with E-state index in [-0.39, 0.29) is 6.61 Å². The number of nitrogens with one attached hydrogen (secondary N) is 1. The monoisotopic (exact) mass is 258 g/mol. The summed E-state index contributed by atoms with van der Waals surface area (Å²) in [5, 5.41) is 15.0. The van der Waals surface area contributed by atoms with Gasteiger partial charge in [-0.25, -0.2) is 0 Å². The summed E-state index contributed by atoms with van der Waals surface area (Å²) in [4.78, 5) is 2.23. The topological polar surface area (TPSA) is 35.5 Å². The first-order valence-electron chi connectivity index (χ1n) is 6.90. The quantitative estimate of drug-likeness (QED) is 0.801. The molecule has 0 bridgehead atoms. The second-order valence-corrected chi connectivity index (χ2v) is 4.61. The van der Waals surface area contributed by atoms with E-state index in [1.165, 1.54) is 16.5 Å². The van der Waals surface area contributed by atoms with Crippen molar-refractivity contribution < 1.29 is 5.11 Å². The molecule has 3 nitrogen and oxygen atoms in total. The van der Waals surface area contributed by atoms with Crippen LogP contribution in [0.3, 0.4) is 0 Å². The molecule has 19 heavy (non-hydrogen) atoms. The summed E-state index contributed by atoms with van der Waals surface area (Å²) < 4.78 is 0. The normalized spacial score (nSPS) is 11.1. The molecule has 0 aromatic heterocycles. The summed E-state index contributed by atoms with van der Waals surface area (Å²) in [5.41, 5.74) is 1.18. The Kier molecular flexibility index (Phi) is 5.19. The van der Waals surface area contributed by atoms with Crippen LogP contribution in [-0.4, -0.2) is 42.8 Å². The number of fused-ring (bicyclic) bond motifs is 1. The fraction of sp³-hybridized carbons (Fsp3) is 0.375. The third-order valence-corrected chi connectivity index (χ3v) is 3.40. The van der Waals surface area contributed by atoms with Crippen molar-refractivity contribution in [3.8, 4) is 0 Å². The predicted octanol–water partition coefficient (Wildman–Crippen LogP) is 2.57. The summed E-state index contributed by atoms with van der Waals surface area (Å²) in [6, 6.07) is 14.7. The molecule has 0 heterocycles. The first-order chi connectivity index (χ1) is 9.35. The number of hydrogen-bond donors (Lipinski definition) is 2. The van der Waals surface area contributed by atoms with E-state index in [0.717, 1.165) is 26.2 Å². The molecule has 2 aromatic carbocycles. The molecule has 0 atom stereocenters. The molecule has 0 aliphatic heterocycles. The van der Waals surface area contributed by atoms with Crippen LogP contribution in [0.5, 0.6) is 0 Å². The smallest absolute Gasteiger partial charge is 0.0558 e. The highest BCUT2D eigenvalue weighted by molar-refractivity contribution is 5.93. The molecule has 0 spiro atoms. The standard InChI is InChI=1S/C16H22N2O/c1-2-18(12-13-19)11-10-17-16-9-5-7-14-6-3-4-8-15(14)16/h3-9,17,19H,2,10-13H2,1H3. The van der Waals surface area contributed by atoms with Crippen molar-refractivity contribution in [1.29, 1.82) is 0 Å². The van der Waals surface area contributed by atoms with E-state index in [1.807, 2.05) is 0 Å². The molecule has 0 saturated heterocycles.